The molecular formula is C17H16ClN3O2. The first-order chi connectivity index (χ1) is 10.6. The molecule has 5 N–H and O–H groups in total. The maximum Gasteiger partial charge on any atom is 0.272 e. The molecule has 3 rings (SSSR count). The van der Waals surface area contributed by atoms with E-state index in [1.165, 1.54) is 6.08 Å². The van der Waals surface area contributed by atoms with Crippen molar-refractivity contribution in [2.24, 2.45) is 16.5 Å². The van der Waals surface area contributed by atoms with E-state index in [0.29, 0.717) is 0 Å². The second-order valence-corrected chi connectivity index (χ2v) is 5.04. The molecule has 0 saturated carbocycles. The Labute approximate surface area is 139 Å². The molecule has 0 fully saturated rings. The van der Waals surface area contributed by atoms with E-state index in [9.17, 15) is 9.90 Å². The first-order valence-corrected chi connectivity index (χ1v) is 6.79. The molecule has 0 heterocycles. The van der Waals surface area contributed by atoms with Gasteiger partial charge in [0.05, 0.1) is 0 Å². The smallest absolute Gasteiger partial charge is 0.272 e. The molecule has 1 aliphatic carbocycles. The van der Waals surface area contributed by atoms with Crippen molar-refractivity contribution in [1.29, 1.82) is 0 Å². The molecule has 2 aromatic carbocycles. The van der Waals surface area contributed by atoms with Crippen LogP contribution >= 0.6 is 12.4 Å². The van der Waals surface area contributed by atoms with Gasteiger partial charge < -0.3 is 16.6 Å². The summed E-state index contributed by atoms with van der Waals surface area (Å²) in [6.45, 7) is 0. The quantitative estimate of drug-likeness (QED) is 0.445. The van der Waals surface area contributed by atoms with Gasteiger partial charge in [-0.2, -0.15) is 4.99 Å². The Morgan fingerprint density at radius 2 is 1.78 bits per heavy atom. The third-order valence-electron chi connectivity index (χ3n) is 3.57. The van der Waals surface area contributed by atoms with Gasteiger partial charge in [0.25, 0.3) is 5.91 Å². The third kappa shape index (κ3) is 3.26. The summed E-state index contributed by atoms with van der Waals surface area (Å²) < 4.78 is 0. The van der Waals surface area contributed by atoms with Gasteiger partial charge in [-0.1, -0.05) is 36.4 Å². The topological polar surface area (TPSA) is 102 Å². The number of guanidine groups is 1. The monoisotopic (exact) mass is 329 g/mol. The average molecular weight is 330 g/mol. The molecule has 0 aromatic heterocycles. The standard InChI is InChI=1S/C17H15N3O2.ClH/c18-17(19)20-15(21)8-6-10-5-7-12-11-3-1-2-4-13(11)16(22)14(12)9-10;/h1-9,16,22H,(H4,18,19,20,21);1H/b8-6+;. The second kappa shape index (κ2) is 6.64. The number of amides is 1. The molecule has 1 atom stereocenters. The van der Waals surface area contributed by atoms with Gasteiger partial charge in [0.2, 0.25) is 0 Å². The normalized spacial score (nSPS) is 14.7. The maximum absolute atomic E-state index is 11.4. The fourth-order valence-electron chi connectivity index (χ4n) is 2.64. The molecule has 2 aromatic rings. The molecule has 1 aliphatic rings. The Balaban J connectivity index is 0.00000192. The number of nitrogens with zero attached hydrogens (tertiary/aromatic N) is 1. The van der Waals surface area contributed by atoms with Crippen LogP contribution in [0.4, 0.5) is 0 Å². The van der Waals surface area contributed by atoms with Crippen LogP contribution < -0.4 is 11.5 Å². The number of aliphatic imine (C=N–C) groups is 1. The molecule has 6 heteroatoms. The third-order valence-corrected chi connectivity index (χ3v) is 3.57. The van der Waals surface area contributed by atoms with Crippen LogP contribution in [-0.2, 0) is 4.79 Å². The summed E-state index contributed by atoms with van der Waals surface area (Å²) in [5.74, 6) is -0.793. The van der Waals surface area contributed by atoms with Gasteiger partial charge in [-0.15, -0.1) is 12.4 Å². The van der Waals surface area contributed by atoms with Crippen molar-refractivity contribution in [2.45, 2.75) is 6.10 Å². The van der Waals surface area contributed by atoms with Crippen LogP contribution in [0, 0.1) is 0 Å². The van der Waals surface area contributed by atoms with Crippen molar-refractivity contribution in [3.8, 4) is 11.1 Å². The summed E-state index contributed by atoms with van der Waals surface area (Å²) in [5.41, 5.74) is 14.9. The number of aliphatic hydroxyl groups excluding tert-OH is 1. The van der Waals surface area contributed by atoms with Crippen LogP contribution in [-0.4, -0.2) is 17.0 Å². The molecule has 1 amide bonds. The number of carbonyl (C=O) groups excluding carboxylic acids is 1. The van der Waals surface area contributed by atoms with Crippen LogP contribution in [0.5, 0.6) is 0 Å². The number of halogens is 1. The van der Waals surface area contributed by atoms with E-state index in [0.717, 1.165) is 27.8 Å². The van der Waals surface area contributed by atoms with Crippen molar-refractivity contribution in [3.63, 3.8) is 0 Å². The number of fused-ring (bicyclic) bond motifs is 3. The van der Waals surface area contributed by atoms with Crippen molar-refractivity contribution >= 4 is 30.3 Å². The lowest BCUT2D eigenvalue weighted by molar-refractivity contribution is -0.113. The molecule has 0 radical (unpaired) electrons. The summed E-state index contributed by atoms with van der Waals surface area (Å²) in [4.78, 5) is 14.8. The number of carbonyl (C=O) groups is 1. The first kappa shape index (κ1) is 16.7. The maximum atomic E-state index is 11.4. The van der Waals surface area contributed by atoms with E-state index in [2.05, 4.69) is 4.99 Å². The summed E-state index contributed by atoms with van der Waals surface area (Å²) in [7, 11) is 0. The van der Waals surface area contributed by atoms with Gasteiger partial charge in [-0.25, -0.2) is 0 Å². The number of rotatable bonds is 2. The molecule has 5 nitrogen and oxygen atoms in total. The Kier molecular flexibility index (Phi) is 4.83. The highest BCUT2D eigenvalue weighted by atomic mass is 35.5. The highest BCUT2D eigenvalue weighted by Crippen LogP contribution is 2.43. The van der Waals surface area contributed by atoms with Crippen LogP contribution in [0.3, 0.4) is 0 Å². The lowest BCUT2D eigenvalue weighted by atomic mass is 10.0. The van der Waals surface area contributed by atoms with Crippen LogP contribution in [0.2, 0.25) is 0 Å². The number of hydrogen-bond acceptors (Lipinski definition) is 2. The summed E-state index contributed by atoms with van der Waals surface area (Å²) in [5, 5.41) is 10.4. The van der Waals surface area contributed by atoms with E-state index < -0.39 is 12.0 Å². The van der Waals surface area contributed by atoms with Crippen LogP contribution in [0.25, 0.3) is 17.2 Å². The average Bonchev–Trinajstić information content (AvgIpc) is 2.78. The molecule has 0 saturated heterocycles. The predicted molar refractivity (Wildman–Crippen MR) is 93.0 cm³/mol. The fraction of sp³-hybridized carbons (Fsp3) is 0.0588. The van der Waals surface area contributed by atoms with E-state index in [-0.39, 0.29) is 18.4 Å². The minimum atomic E-state index is -0.645. The largest absolute Gasteiger partial charge is 0.384 e. The van der Waals surface area contributed by atoms with Crippen molar-refractivity contribution in [1.82, 2.24) is 0 Å². The van der Waals surface area contributed by atoms with Crippen LogP contribution in [0.15, 0.2) is 53.5 Å². The zero-order valence-electron chi connectivity index (χ0n) is 12.1. The zero-order valence-corrected chi connectivity index (χ0v) is 13.0. The Morgan fingerprint density at radius 1 is 1.09 bits per heavy atom. The Bertz CT molecular complexity index is 811. The van der Waals surface area contributed by atoms with E-state index in [1.54, 1.807) is 6.08 Å². The summed E-state index contributed by atoms with van der Waals surface area (Å²) >= 11 is 0. The van der Waals surface area contributed by atoms with Gasteiger partial charge in [0.1, 0.15) is 6.10 Å². The lowest BCUT2D eigenvalue weighted by Gasteiger charge is -2.05. The first-order valence-electron chi connectivity index (χ1n) is 6.79. The van der Waals surface area contributed by atoms with Gasteiger partial charge in [0.15, 0.2) is 5.96 Å². The predicted octanol–water partition coefficient (Wildman–Crippen LogP) is 1.98. The van der Waals surface area contributed by atoms with Crippen molar-refractivity contribution in [2.75, 3.05) is 0 Å². The molecule has 23 heavy (non-hydrogen) atoms. The molecular weight excluding hydrogens is 314 g/mol. The van der Waals surface area contributed by atoms with Gasteiger partial charge in [-0.05, 0) is 40.0 Å². The van der Waals surface area contributed by atoms with Gasteiger partial charge in [0, 0.05) is 6.08 Å². The van der Waals surface area contributed by atoms with Crippen molar-refractivity contribution in [3.05, 3.63) is 65.2 Å². The summed E-state index contributed by atoms with van der Waals surface area (Å²) in [6, 6.07) is 13.4. The minimum absolute atomic E-state index is 0. The second-order valence-electron chi connectivity index (χ2n) is 5.04. The van der Waals surface area contributed by atoms with Crippen LogP contribution in [0.1, 0.15) is 22.8 Å². The number of nitrogens with two attached hydrogens (primary N) is 2. The van der Waals surface area contributed by atoms with E-state index >= 15 is 0 Å². The van der Waals surface area contributed by atoms with Crippen molar-refractivity contribution < 1.29 is 9.90 Å². The molecule has 1 unspecified atom stereocenters. The highest BCUT2D eigenvalue weighted by molar-refractivity contribution is 6.00. The molecule has 118 valence electrons. The van der Waals surface area contributed by atoms with Gasteiger partial charge >= 0.3 is 0 Å². The van der Waals surface area contributed by atoms with E-state index in [4.69, 9.17) is 11.5 Å². The Hall–Kier alpha value is -2.63. The number of hydrogen-bond donors (Lipinski definition) is 3. The number of aliphatic hydroxyl groups is 1. The molecule has 0 spiro atoms. The minimum Gasteiger partial charge on any atom is -0.384 e. The molecule has 0 aliphatic heterocycles. The molecule has 0 bridgehead atoms. The summed E-state index contributed by atoms with van der Waals surface area (Å²) in [6.07, 6.45) is 2.26. The Morgan fingerprint density at radius 3 is 2.52 bits per heavy atom. The lowest BCUT2D eigenvalue weighted by Crippen LogP contribution is -2.23. The number of benzene rings is 2. The van der Waals surface area contributed by atoms with Gasteiger partial charge in [-0.3, -0.25) is 4.79 Å². The fourth-order valence-corrected chi connectivity index (χ4v) is 2.64. The SMILES string of the molecule is Cl.NC(N)=NC(=O)/C=C/c1ccc2c(c1)C(O)c1ccccc1-2. The zero-order chi connectivity index (χ0) is 15.7. The van der Waals surface area contributed by atoms with E-state index in [1.807, 2.05) is 42.5 Å². The highest BCUT2D eigenvalue weighted by Gasteiger charge is 2.26.